The van der Waals surface area contributed by atoms with Gasteiger partial charge in [-0.25, -0.2) is 0 Å². The minimum atomic E-state index is -0.266. The minimum Gasteiger partial charge on any atom is -0.496 e. The van der Waals surface area contributed by atoms with E-state index in [0.717, 1.165) is 21.3 Å². The molecule has 0 bridgehead atoms. The van der Waals surface area contributed by atoms with E-state index in [1.807, 2.05) is 62.4 Å². The molecule has 0 aliphatic carbocycles. The SMILES string of the molecule is COc1ccc(C(NC(=O)C(C)C(C)N)c2ccccc2)cc1Br. The highest BCUT2D eigenvalue weighted by Gasteiger charge is 2.23. The fourth-order valence-electron chi connectivity index (χ4n) is 2.38. The van der Waals surface area contributed by atoms with Crippen LogP contribution in [-0.2, 0) is 4.79 Å². The number of carbonyl (C=O) groups excluding carboxylic acids is 1. The molecule has 1 amide bonds. The monoisotopic (exact) mass is 390 g/mol. The van der Waals surface area contributed by atoms with Gasteiger partial charge >= 0.3 is 0 Å². The highest BCUT2D eigenvalue weighted by atomic mass is 79.9. The third-order valence-corrected chi connectivity index (χ3v) is 4.75. The number of methoxy groups -OCH3 is 1. The standard InChI is InChI=1S/C19H23BrN2O2/c1-12(13(2)21)19(23)22-18(14-7-5-4-6-8-14)15-9-10-17(24-3)16(20)11-15/h4-13,18H,21H2,1-3H3,(H,22,23). The van der Waals surface area contributed by atoms with Crippen molar-refractivity contribution >= 4 is 21.8 Å². The van der Waals surface area contributed by atoms with Crippen molar-refractivity contribution in [2.75, 3.05) is 7.11 Å². The normalized spacial score (nSPS) is 14.5. The molecular weight excluding hydrogens is 368 g/mol. The predicted octanol–water partition coefficient (Wildman–Crippen LogP) is 3.65. The highest BCUT2D eigenvalue weighted by molar-refractivity contribution is 9.10. The number of nitrogens with two attached hydrogens (primary N) is 1. The van der Waals surface area contributed by atoms with Gasteiger partial charge in [0.25, 0.3) is 0 Å². The molecule has 0 fully saturated rings. The van der Waals surface area contributed by atoms with Gasteiger partial charge < -0.3 is 15.8 Å². The first-order chi connectivity index (χ1) is 11.4. The van der Waals surface area contributed by atoms with Crippen LogP contribution in [0, 0.1) is 5.92 Å². The molecule has 2 aromatic rings. The lowest BCUT2D eigenvalue weighted by atomic mass is 9.96. The average Bonchev–Trinajstić information content (AvgIpc) is 2.59. The number of benzene rings is 2. The Labute approximate surface area is 151 Å². The van der Waals surface area contributed by atoms with Crippen LogP contribution >= 0.6 is 15.9 Å². The topological polar surface area (TPSA) is 64.3 Å². The molecule has 0 aliphatic heterocycles. The van der Waals surface area contributed by atoms with Crippen molar-refractivity contribution in [2.45, 2.75) is 25.9 Å². The lowest BCUT2D eigenvalue weighted by Gasteiger charge is -2.24. The maximum Gasteiger partial charge on any atom is 0.225 e. The van der Waals surface area contributed by atoms with Crippen LogP contribution in [-0.4, -0.2) is 19.1 Å². The van der Waals surface area contributed by atoms with Crippen LogP contribution < -0.4 is 15.8 Å². The van der Waals surface area contributed by atoms with Gasteiger partial charge in [0, 0.05) is 12.0 Å². The third kappa shape index (κ3) is 4.36. The number of ether oxygens (including phenoxy) is 1. The molecule has 0 spiro atoms. The molecule has 3 atom stereocenters. The summed E-state index contributed by atoms with van der Waals surface area (Å²) in [4.78, 5) is 12.5. The number of carbonyl (C=O) groups is 1. The minimum absolute atomic E-state index is 0.0641. The van der Waals surface area contributed by atoms with E-state index in [4.69, 9.17) is 10.5 Å². The molecule has 4 nitrogen and oxygen atoms in total. The number of halogens is 1. The van der Waals surface area contributed by atoms with Gasteiger partial charge in [0.1, 0.15) is 5.75 Å². The Morgan fingerprint density at radius 2 is 1.79 bits per heavy atom. The Hall–Kier alpha value is -1.85. The van der Waals surface area contributed by atoms with Crippen LogP contribution in [0.3, 0.4) is 0 Å². The van der Waals surface area contributed by atoms with Crippen molar-refractivity contribution in [1.82, 2.24) is 5.32 Å². The zero-order valence-corrected chi connectivity index (χ0v) is 15.7. The van der Waals surface area contributed by atoms with Gasteiger partial charge in [0.05, 0.1) is 17.6 Å². The number of amides is 1. The first-order valence-corrected chi connectivity index (χ1v) is 8.67. The molecule has 0 aliphatic rings. The van der Waals surface area contributed by atoms with E-state index in [0.29, 0.717) is 0 Å². The summed E-state index contributed by atoms with van der Waals surface area (Å²) in [6.45, 7) is 3.68. The van der Waals surface area contributed by atoms with Crippen LogP contribution in [0.2, 0.25) is 0 Å². The van der Waals surface area contributed by atoms with Gasteiger partial charge in [-0.15, -0.1) is 0 Å². The van der Waals surface area contributed by atoms with Crippen molar-refractivity contribution < 1.29 is 9.53 Å². The van der Waals surface area contributed by atoms with E-state index in [1.54, 1.807) is 7.11 Å². The number of rotatable bonds is 6. The van der Waals surface area contributed by atoms with Gasteiger partial charge in [-0.05, 0) is 46.1 Å². The van der Waals surface area contributed by atoms with Crippen molar-refractivity contribution in [3.8, 4) is 5.75 Å². The molecular formula is C19H23BrN2O2. The molecule has 0 saturated carbocycles. The van der Waals surface area contributed by atoms with Crippen molar-refractivity contribution in [3.05, 3.63) is 64.1 Å². The van der Waals surface area contributed by atoms with Crippen LogP contribution in [0.1, 0.15) is 31.0 Å². The molecule has 3 unspecified atom stereocenters. The smallest absolute Gasteiger partial charge is 0.225 e. The molecule has 0 heterocycles. The summed E-state index contributed by atoms with van der Waals surface area (Å²) < 4.78 is 6.13. The van der Waals surface area contributed by atoms with Crippen LogP contribution in [0.25, 0.3) is 0 Å². The summed E-state index contributed by atoms with van der Waals surface area (Å²) in [5.74, 6) is 0.421. The highest BCUT2D eigenvalue weighted by Crippen LogP contribution is 2.31. The Balaban J connectivity index is 2.37. The van der Waals surface area contributed by atoms with E-state index in [9.17, 15) is 4.79 Å². The Morgan fingerprint density at radius 3 is 2.33 bits per heavy atom. The van der Waals surface area contributed by atoms with Crippen LogP contribution in [0.15, 0.2) is 53.0 Å². The van der Waals surface area contributed by atoms with Crippen molar-refractivity contribution in [2.24, 2.45) is 11.7 Å². The second-order valence-corrected chi connectivity index (χ2v) is 6.75. The fraction of sp³-hybridized carbons (Fsp3) is 0.316. The third-order valence-electron chi connectivity index (χ3n) is 4.13. The van der Waals surface area contributed by atoms with Gasteiger partial charge in [-0.2, -0.15) is 0 Å². The second-order valence-electron chi connectivity index (χ2n) is 5.89. The Bertz CT molecular complexity index is 689. The lowest BCUT2D eigenvalue weighted by molar-refractivity contribution is -0.125. The molecule has 5 heteroatoms. The van der Waals surface area contributed by atoms with Gasteiger partial charge in [-0.3, -0.25) is 4.79 Å². The molecule has 0 saturated heterocycles. The summed E-state index contributed by atoms with van der Waals surface area (Å²) >= 11 is 3.51. The van der Waals surface area contributed by atoms with Crippen molar-refractivity contribution in [1.29, 1.82) is 0 Å². The number of hydrogen-bond acceptors (Lipinski definition) is 3. The summed E-state index contributed by atoms with van der Waals surface area (Å²) in [7, 11) is 1.63. The van der Waals surface area contributed by atoms with Crippen molar-refractivity contribution in [3.63, 3.8) is 0 Å². The molecule has 0 aromatic heterocycles. The van der Waals surface area contributed by atoms with Gasteiger partial charge in [-0.1, -0.05) is 43.3 Å². The first kappa shape index (κ1) is 18.5. The largest absolute Gasteiger partial charge is 0.496 e. The van der Waals surface area contributed by atoms with Gasteiger partial charge in [0.15, 0.2) is 0 Å². The molecule has 2 aromatic carbocycles. The summed E-state index contributed by atoms with van der Waals surface area (Å²) in [5.41, 5.74) is 7.85. The molecule has 128 valence electrons. The predicted molar refractivity (Wildman–Crippen MR) is 99.9 cm³/mol. The Kier molecular flexibility index (Phi) is 6.40. The lowest BCUT2D eigenvalue weighted by Crippen LogP contribution is -2.40. The van der Waals surface area contributed by atoms with E-state index in [-0.39, 0.29) is 23.9 Å². The van der Waals surface area contributed by atoms with E-state index in [1.165, 1.54) is 0 Å². The van der Waals surface area contributed by atoms with Gasteiger partial charge in [0.2, 0.25) is 5.91 Å². The summed E-state index contributed by atoms with van der Waals surface area (Å²) in [6, 6.07) is 15.2. The van der Waals surface area contributed by atoms with E-state index >= 15 is 0 Å². The molecule has 3 N–H and O–H groups in total. The number of hydrogen-bond donors (Lipinski definition) is 2. The molecule has 24 heavy (non-hydrogen) atoms. The molecule has 2 rings (SSSR count). The maximum atomic E-state index is 12.5. The quantitative estimate of drug-likeness (QED) is 0.790. The van der Waals surface area contributed by atoms with Crippen LogP contribution in [0.5, 0.6) is 5.75 Å². The Morgan fingerprint density at radius 1 is 1.12 bits per heavy atom. The van der Waals surface area contributed by atoms with Crippen LogP contribution in [0.4, 0.5) is 0 Å². The zero-order valence-electron chi connectivity index (χ0n) is 14.1. The molecule has 0 radical (unpaired) electrons. The fourth-order valence-corrected chi connectivity index (χ4v) is 2.94. The summed E-state index contributed by atoms with van der Waals surface area (Å²) in [5, 5.41) is 3.11. The average molecular weight is 391 g/mol. The van der Waals surface area contributed by atoms with E-state index in [2.05, 4.69) is 21.2 Å². The number of nitrogens with one attached hydrogen (secondary N) is 1. The van der Waals surface area contributed by atoms with E-state index < -0.39 is 0 Å². The second kappa shape index (κ2) is 8.31. The zero-order chi connectivity index (χ0) is 17.7. The maximum absolute atomic E-state index is 12.5. The first-order valence-electron chi connectivity index (χ1n) is 7.88. The summed E-state index contributed by atoms with van der Waals surface area (Å²) in [6.07, 6.45) is 0.